The highest BCUT2D eigenvalue weighted by atomic mass is 16.7. The number of nitrogens with zero attached hydrogens (tertiary/aromatic N) is 4. The molecule has 8 heteroatoms. The average Bonchev–Trinajstić information content (AvgIpc) is 3.46. The summed E-state index contributed by atoms with van der Waals surface area (Å²) in [7, 11) is 0. The third-order valence-corrected chi connectivity index (χ3v) is 8.67. The standard InChI is InChI=1S/C34H26N4O4/c1-34-19-36-30-15-24(11-13-27(30)33(40)38(34)18-22-7-3-5-9-28(22)34)42-20-41-23-10-12-26-29(14-23)35-16-31-25-8-4-2-6-21(25)17-37(31)32(26)39/h2-16,19,31H,17-18,20H2,1H3/t31-,34-/m1/s1. The number of hydrogen-bond acceptors (Lipinski definition) is 6. The minimum absolute atomic E-state index is 0.0515. The van der Waals surface area contributed by atoms with Crippen LogP contribution in [0.4, 0.5) is 11.4 Å². The average molecular weight is 555 g/mol. The summed E-state index contributed by atoms with van der Waals surface area (Å²) >= 11 is 0. The van der Waals surface area contributed by atoms with Gasteiger partial charge in [-0.15, -0.1) is 0 Å². The second kappa shape index (κ2) is 9.14. The van der Waals surface area contributed by atoms with Crippen molar-refractivity contribution in [1.29, 1.82) is 0 Å². The molecule has 0 aromatic heterocycles. The van der Waals surface area contributed by atoms with Crippen LogP contribution < -0.4 is 9.47 Å². The molecule has 8 nitrogen and oxygen atoms in total. The van der Waals surface area contributed by atoms with Gasteiger partial charge in [-0.25, -0.2) is 0 Å². The molecule has 2 atom stereocenters. The molecular weight excluding hydrogens is 528 g/mol. The Labute approximate surface area is 242 Å². The number of ether oxygens (including phenoxy) is 2. The molecule has 4 aromatic rings. The molecule has 4 aliphatic heterocycles. The largest absolute Gasteiger partial charge is 0.457 e. The Kier molecular flexibility index (Phi) is 5.34. The zero-order valence-corrected chi connectivity index (χ0v) is 22.9. The zero-order valence-electron chi connectivity index (χ0n) is 22.9. The van der Waals surface area contributed by atoms with Gasteiger partial charge < -0.3 is 19.3 Å². The molecule has 0 saturated carbocycles. The van der Waals surface area contributed by atoms with Crippen LogP contribution in [0.3, 0.4) is 0 Å². The quantitative estimate of drug-likeness (QED) is 0.285. The minimum atomic E-state index is -0.606. The maximum absolute atomic E-state index is 13.5. The van der Waals surface area contributed by atoms with Gasteiger partial charge in [0.2, 0.25) is 6.79 Å². The van der Waals surface area contributed by atoms with Crippen LogP contribution in [0.5, 0.6) is 11.5 Å². The fourth-order valence-electron chi connectivity index (χ4n) is 6.42. The van der Waals surface area contributed by atoms with E-state index in [1.54, 1.807) is 36.4 Å². The Morgan fingerprint density at radius 3 is 2.24 bits per heavy atom. The van der Waals surface area contributed by atoms with E-state index in [1.807, 2.05) is 59.5 Å². The van der Waals surface area contributed by atoms with E-state index >= 15 is 0 Å². The van der Waals surface area contributed by atoms with Gasteiger partial charge in [0.05, 0.1) is 28.5 Å². The second-order valence-corrected chi connectivity index (χ2v) is 11.1. The van der Waals surface area contributed by atoms with Gasteiger partial charge in [-0.3, -0.25) is 19.6 Å². The predicted molar refractivity (Wildman–Crippen MR) is 158 cm³/mol. The molecule has 0 saturated heterocycles. The van der Waals surface area contributed by atoms with Gasteiger partial charge >= 0.3 is 0 Å². The van der Waals surface area contributed by atoms with Crippen LogP contribution in [0.25, 0.3) is 0 Å². The molecule has 0 aliphatic carbocycles. The lowest BCUT2D eigenvalue weighted by atomic mass is 9.93. The first-order valence-electron chi connectivity index (χ1n) is 13.9. The van der Waals surface area contributed by atoms with Crippen molar-refractivity contribution < 1.29 is 19.1 Å². The van der Waals surface area contributed by atoms with Crippen LogP contribution in [-0.4, -0.2) is 40.8 Å². The highest BCUT2D eigenvalue weighted by Crippen LogP contribution is 2.43. The van der Waals surface area contributed by atoms with Crippen LogP contribution in [-0.2, 0) is 18.6 Å². The lowest BCUT2D eigenvalue weighted by molar-refractivity contribution is 0.0656. The lowest BCUT2D eigenvalue weighted by Crippen LogP contribution is -2.42. The van der Waals surface area contributed by atoms with Crippen molar-refractivity contribution >= 4 is 35.6 Å². The van der Waals surface area contributed by atoms with Crippen molar-refractivity contribution in [3.8, 4) is 11.5 Å². The zero-order chi connectivity index (χ0) is 28.4. The summed E-state index contributed by atoms with van der Waals surface area (Å²) < 4.78 is 11.8. The van der Waals surface area contributed by atoms with Crippen molar-refractivity contribution in [2.24, 2.45) is 9.98 Å². The maximum Gasteiger partial charge on any atom is 0.257 e. The van der Waals surface area contributed by atoms with Crippen molar-refractivity contribution in [2.45, 2.75) is 31.6 Å². The number of carbonyl (C=O) groups excluding carboxylic acids is 2. The summed E-state index contributed by atoms with van der Waals surface area (Å²) in [6.45, 7) is 3.08. The summed E-state index contributed by atoms with van der Waals surface area (Å²) in [6, 6.07) is 26.6. The first kappa shape index (κ1) is 24.5. The Hall–Kier alpha value is -5.24. The third-order valence-electron chi connectivity index (χ3n) is 8.67. The van der Waals surface area contributed by atoms with Gasteiger partial charge in [0, 0.05) is 37.7 Å². The van der Waals surface area contributed by atoms with Gasteiger partial charge in [-0.2, -0.15) is 0 Å². The molecule has 0 fully saturated rings. The number of rotatable bonds is 4. The summed E-state index contributed by atoms with van der Waals surface area (Å²) in [5, 5.41) is 0. The molecule has 4 heterocycles. The number of benzene rings is 4. The third kappa shape index (κ3) is 3.68. The molecule has 206 valence electrons. The fourth-order valence-corrected chi connectivity index (χ4v) is 6.42. The number of aliphatic imine (C=N–C) groups is 2. The smallest absolute Gasteiger partial charge is 0.257 e. The Bertz CT molecular complexity index is 1860. The first-order chi connectivity index (χ1) is 20.5. The number of carbonyl (C=O) groups is 2. The van der Waals surface area contributed by atoms with Crippen molar-refractivity contribution in [3.63, 3.8) is 0 Å². The highest BCUT2D eigenvalue weighted by molar-refractivity contribution is 6.05. The molecule has 0 radical (unpaired) electrons. The van der Waals surface area contributed by atoms with E-state index in [2.05, 4.69) is 23.2 Å². The van der Waals surface area contributed by atoms with Crippen molar-refractivity contribution in [2.75, 3.05) is 6.79 Å². The number of hydrogen-bond donors (Lipinski definition) is 0. The van der Waals surface area contributed by atoms with Gasteiger partial charge in [-0.1, -0.05) is 48.5 Å². The monoisotopic (exact) mass is 554 g/mol. The molecule has 4 aromatic carbocycles. The molecule has 4 aliphatic rings. The second-order valence-electron chi connectivity index (χ2n) is 11.1. The van der Waals surface area contributed by atoms with E-state index in [0.29, 0.717) is 47.1 Å². The molecule has 0 spiro atoms. The Morgan fingerprint density at radius 1 is 0.786 bits per heavy atom. The highest BCUT2D eigenvalue weighted by Gasteiger charge is 2.44. The summed E-state index contributed by atoms with van der Waals surface area (Å²) in [5.74, 6) is 0.960. The van der Waals surface area contributed by atoms with E-state index in [4.69, 9.17) is 14.5 Å². The SMILES string of the molecule is C[C@]12C=Nc3cc(OCOc4ccc5c(c4)N=C[C@@H]4c6ccccc6CN4C5=O)ccc3C(=O)N1Cc1ccccc12. The van der Waals surface area contributed by atoms with E-state index in [-0.39, 0.29) is 24.6 Å². The Morgan fingerprint density at radius 2 is 1.45 bits per heavy atom. The molecule has 2 amide bonds. The normalized spacial score (nSPS) is 21.0. The lowest BCUT2D eigenvalue weighted by Gasteiger charge is -2.31. The van der Waals surface area contributed by atoms with Gasteiger partial charge in [0.15, 0.2) is 0 Å². The van der Waals surface area contributed by atoms with E-state index in [9.17, 15) is 9.59 Å². The minimum Gasteiger partial charge on any atom is -0.457 e. The molecule has 8 rings (SSSR count). The van der Waals surface area contributed by atoms with E-state index in [0.717, 1.165) is 22.3 Å². The van der Waals surface area contributed by atoms with Gasteiger partial charge in [-0.05, 0) is 53.4 Å². The van der Waals surface area contributed by atoms with Gasteiger partial charge in [0.25, 0.3) is 11.8 Å². The van der Waals surface area contributed by atoms with Crippen LogP contribution >= 0.6 is 0 Å². The molecule has 42 heavy (non-hydrogen) atoms. The van der Waals surface area contributed by atoms with Crippen molar-refractivity contribution in [1.82, 2.24) is 9.80 Å². The van der Waals surface area contributed by atoms with Crippen LogP contribution in [0.1, 0.15) is 55.9 Å². The topological polar surface area (TPSA) is 83.8 Å². The number of amides is 2. The van der Waals surface area contributed by atoms with E-state index in [1.165, 1.54) is 0 Å². The fraction of sp³-hybridized carbons (Fsp3) is 0.176. The molecule has 0 unspecified atom stereocenters. The first-order valence-corrected chi connectivity index (χ1v) is 13.9. The Balaban J connectivity index is 0.984. The van der Waals surface area contributed by atoms with Crippen LogP contribution in [0.2, 0.25) is 0 Å². The van der Waals surface area contributed by atoms with Gasteiger partial charge in [0.1, 0.15) is 17.0 Å². The van der Waals surface area contributed by atoms with Crippen LogP contribution in [0, 0.1) is 0 Å². The van der Waals surface area contributed by atoms with E-state index < -0.39 is 5.54 Å². The maximum atomic E-state index is 13.5. The summed E-state index contributed by atoms with van der Waals surface area (Å²) in [5.41, 5.74) is 6.09. The predicted octanol–water partition coefficient (Wildman–Crippen LogP) is 6.10. The number of fused-ring (bicyclic) bond motifs is 8. The molecule has 0 bridgehead atoms. The summed E-state index contributed by atoms with van der Waals surface area (Å²) in [6.07, 6.45) is 3.68. The summed E-state index contributed by atoms with van der Waals surface area (Å²) in [4.78, 5) is 40.0. The molecular formula is C34H26N4O4. The van der Waals surface area contributed by atoms with Crippen molar-refractivity contribution in [3.05, 3.63) is 118 Å². The van der Waals surface area contributed by atoms with Crippen LogP contribution in [0.15, 0.2) is 94.9 Å². The molecule has 0 N–H and O–H groups in total.